The van der Waals surface area contributed by atoms with Crippen molar-refractivity contribution in [3.8, 4) is 0 Å². The van der Waals surface area contributed by atoms with E-state index in [-0.39, 0.29) is 0 Å². The molecule has 1 aliphatic rings. The SMILES string of the molecule is Cc1nnc(N(C)CCN2CCCC2)[nH]1. The molecule has 0 aliphatic carbocycles. The average Bonchev–Trinajstić information content (AvgIpc) is 2.84. The van der Waals surface area contributed by atoms with Crippen molar-refractivity contribution in [3.05, 3.63) is 5.82 Å². The number of nitrogens with zero attached hydrogens (tertiary/aromatic N) is 4. The maximum Gasteiger partial charge on any atom is 0.224 e. The van der Waals surface area contributed by atoms with Crippen molar-refractivity contribution < 1.29 is 0 Å². The fourth-order valence-electron chi connectivity index (χ4n) is 1.91. The summed E-state index contributed by atoms with van der Waals surface area (Å²) in [7, 11) is 2.05. The first-order valence-electron chi connectivity index (χ1n) is 5.58. The van der Waals surface area contributed by atoms with Gasteiger partial charge in [0.05, 0.1) is 0 Å². The fourth-order valence-corrected chi connectivity index (χ4v) is 1.91. The zero-order valence-corrected chi connectivity index (χ0v) is 9.53. The van der Waals surface area contributed by atoms with Crippen molar-refractivity contribution in [3.63, 3.8) is 0 Å². The van der Waals surface area contributed by atoms with E-state index in [1.807, 2.05) is 6.92 Å². The molecule has 0 unspecified atom stereocenters. The van der Waals surface area contributed by atoms with Crippen molar-refractivity contribution in [1.29, 1.82) is 0 Å². The van der Waals surface area contributed by atoms with Crippen LogP contribution in [0.5, 0.6) is 0 Å². The van der Waals surface area contributed by atoms with E-state index in [0.717, 1.165) is 24.9 Å². The molecule has 1 N–H and O–H groups in total. The summed E-state index contributed by atoms with van der Waals surface area (Å²) in [6.45, 7) is 6.56. The molecule has 1 aromatic heterocycles. The highest BCUT2D eigenvalue weighted by Crippen LogP contribution is 2.08. The Balaban J connectivity index is 1.79. The Morgan fingerprint density at radius 2 is 2.07 bits per heavy atom. The molecular weight excluding hydrogens is 190 g/mol. The minimum absolute atomic E-state index is 0.867. The second-order valence-electron chi connectivity index (χ2n) is 4.20. The van der Waals surface area contributed by atoms with Gasteiger partial charge in [-0.2, -0.15) is 0 Å². The minimum Gasteiger partial charge on any atom is -0.343 e. The van der Waals surface area contributed by atoms with Crippen LogP contribution in [0, 0.1) is 6.92 Å². The third-order valence-electron chi connectivity index (χ3n) is 2.90. The first kappa shape index (κ1) is 10.4. The number of hydrogen-bond acceptors (Lipinski definition) is 4. The number of nitrogens with one attached hydrogen (secondary N) is 1. The van der Waals surface area contributed by atoms with E-state index < -0.39 is 0 Å². The molecule has 1 aliphatic heterocycles. The first-order chi connectivity index (χ1) is 7.25. The van der Waals surface area contributed by atoms with Crippen molar-refractivity contribution in [1.82, 2.24) is 20.1 Å². The second-order valence-corrected chi connectivity index (χ2v) is 4.20. The topological polar surface area (TPSA) is 48.1 Å². The van der Waals surface area contributed by atoms with E-state index in [1.54, 1.807) is 0 Å². The molecule has 5 nitrogen and oxygen atoms in total. The number of likely N-dealkylation sites (N-methyl/N-ethyl adjacent to an activating group) is 1. The molecule has 0 bridgehead atoms. The number of rotatable bonds is 4. The van der Waals surface area contributed by atoms with Crippen LogP contribution >= 0.6 is 0 Å². The van der Waals surface area contributed by atoms with Crippen LogP contribution in [0.25, 0.3) is 0 Å². The van der Waals surface area contributed by atoms with Gasteiger partial charge in [0.1, 0.15) is 5.82 Å². The molecule has 0 aromatic carbocycles. The maximum atomic E-state index is 4.06. The average molecular weight is 209 g/mol. The van der Waals surface area contributed by atoms with Gasteiger partial charge < -0.3 is 14.8 Å². The normalized spacial score (nSPS) is 17.2. The Kier molecular flexibility index (Phi) is 3.20. The Labute approximate surface area is 90.5 Å². The first-order valence-corrected chi connectivity index (χ1v) is 5.58. The van der Waals surface area contributed by atoms with Gasteiger partial charge in [-0.1, -0.05) is 0 Å². The fraction of sp³-hybridized carbons (Fsp3) is 0.800. The molecule has 1 fully saturated rings. The van der Waals surface area contributed by atoms with E-state index in [2.05, 4.69) is 32.0 Å². The number of likely N-dealkylation sites (tertiary alicyclic amines) is 1. The Morgan fingerprint density at radius 3 is 2.67 bits per heavy atom. The molecule has 0 spiro atoms. The van der Waals surface area contributed by atoms with Gasteiger partial charge in [-0.3, -0.25) is 0 Å². The summed E-state index contributed by atoms with van der Waals surface area (Å²) in [6.07, 6.45) is 2.70. The number of aromatic nitrogens is 3. The van der Waals surface area contributed by atoms with Crippen LogP contribution in [0.4, 0.5) is 5.95 Å². The number of aryl methyl sites for hydroxylation is 1. The van der Waals surface area contributed by atoms with Crippen molar-refractivity contribution in [2.24, 2.45) is 0 Å². The lowest BCUT2D eigenvalue weighted by atomic mass is 10.4. The predicted molar refractivity (Wildman–Crippen MR) is 60.1 cm³/mol. The minimum atomic E-state index is 0.867. The summed E-state index contributed by atoms with van der Waals surface area (Å²) in [6, 6.07) is 0. The summed E-state index contributed by atoms with van der Waals surface area (Å²) < 4.78 is 0. The lowest BCUT2D eigenvalue weighted by Gasteiger charge is -2.20. The van der Waals surface area contributed by atoms with Crippen LogP contribution in [0.3, 0.4) is 0 Å². The predicted octanol–water partition coefficient (Wildman–Crippen LogP) is 0.645. The largest absolute Gasteiger partial charge is 0.343 e. The summed E-state index contributed by atoms with van der Waals surface area (Å²) in [5.41, 5.74) is 0. The Hall–Kier alpha value is -1.10. The van der Waals surface area contributed by atoms with Gasteiger partial charge >= 0.3 is 0 Å². The second kappa shape index (κ2) is 4.61. The van der Waals surface area contributed by atoms with Crippen molar-refractivity contribution in [2.45, 2.75) is 19.8 Å². The molecular formula is C10H19N5. The molecule has 84 valence electrons. The van der Waals surface area contributed by atoms with Gasteiger partial charge in [-0.15, -0.1) is 10.2 Å². The van der Waals surface area contributed by atoms with E-state index in [0.29, 0.717) is 0 Å². The quantitative estimate of drug-likeness (QED) is 0.791. The van der Waals surface area contributed by atoms with E-state index in [1.165, 1.54) is 25.9 Å². The van der Waals surface area contributed by atoms with Crippen molar-refractivity contribution in [2.75, 3.05) is 38.1 Å². The monoisotopic (exact) mass is 209 g/mol. The van der Waals surface area contributed by atoms with Gasteiger partial charge in [0, 0.05) is 20.1 Å². The molecule has 1 aromatic rings. The summed E-state index contributed by atoms with van der Waals surface area (Å²) >= 11 is 0. The highest BCUT2D eigenvalue weighted by Gasteiger charge is 2.12. The lowest BCUT2D eigenvalue weighted by Crippen LogP contribution is -2.31. The third kappa shape index (κ3) is 2.68. The lowest BCUT2D eigenvalue weighted by molar-refractivity contribution is 0.346. The smallest absolute Gasteiger partial charge is 0.224 e. The standard InChI is InChI=1S/C10H19N5/c1-9-11-10(13-12-9)14(2)7-8-15-5-3-4-6-15/h3-8H2,1-2H3,(H,11,12,13). The van der Waals surface area contributed by atoms with Gasteiger partial charge in [0.25, 0.3) is 0 Å². The number of anilines is 1. The van der Waals surface area contributed by atoms with E-state index in [4.69, 9.17) is 0 Å². The van der Waals surface area contributed by atoms with Crippen LogP contribution in [0.1, 0.15) is 18.7 Å². The van der Waals surface area contributed by atoms with Crippen LogP contribution in [-0.2, 0) is 0 Å². The molecule has 2 rings (SSSR count). The highest BCUT2D eigenvalue weighted by molar-refractivity contribution is 5.26. The summed E-state index contributed by atoms with van der Waals surface area (Å²) in [4.78, 5) is 7.76. The van der Waals surface area contributed by atoms with Crippen molar-refractivity contribution >= 4 is 5.95 Å². The van der Waals surface area contributed by atoms with Crippen LogP contribution in [0.2, 0.25) is 0 Å². The molecule has 2 heterocycles. The number of aromatic amines is 1. The number of hydrogen-bond donors (Lipinski definition) is 1. The number of H-pyrrole nitrogens is 1. The van der Waals surface area contributed by atoms with E-state index >= 15 is 0 Å². The molecule has 0 amide bonds. The molecule has 5 heteroatoms. The molecule has 0 radical (unpaired) electrons. The highest BCUT2D eigenvalue weighted by atomic mass is 15.3. The molecule has 0 atom stereocenters. The maximum absolute atomic E-state index is 4.06. The van der Waals surface area contributed by atoms with Crippen LogP contribution < -0.4 is 4.90 Å². The molecule has 1 saturated heterocycles. The third-order valence-corrected chi connectivity index (χ3v) is 2.90. The summed E-state index contributed by atoms with van der Waals surface area (Å²) in [5.74, 6) is 1.74. The van der Waals surface area contributed by atoms with Gasteiger partial charge in [-0.25, -0.2) is 0 Å². The van der Waals surface area contributed by atoms with Gasteiger partial charge in [0.2, 0.25) is 5.95 Å². The Morgan fingerprint density at radius 1 is 1.33 bits per heavy atom. The van der Waals surface area contributed by atoms with Gasteiger partial charge in [-0.05, 0) is 32.9 Å². The zero-order chi connectivity index (χ0) is 10.7. The van der Waals surface area contributed by atoms with Crippen LogP contribution in [0.15, 0.2) is 0 Å². The zero-order valence-electron chi connectivity index (χ0n) is 9.53. The van der Waals surface area contributed by atoms with E-state index in [9.17, 15) is 0 Å². The molecule has 15 heavy (non-hydrogen) atoms. The summed E-state index contributed by atoms with van der Waals surface area (Å²) in [5, 5.41) is 8.02. The Bertz CT molecular complexity index is 303. The van der Waals surface area contributed by atoms with Crippen LogP contribution in [-0.4, -0.2) is 53.3 Å². The van der Waals surface area contributed by atoms with Gasteiger partial charge in [0.15, 0.2) is 0 Å². The molecule has 0 saturated carbocycles.